The van der Waals surface area contributed by atoms with Gasteiger partial charge in [-0.2, -0.15) is 0 Å². The van der Waals surface area contributed by atoms with E-state index >= 15 is 0 Å². The Morgan fingerprint density at radius 1 is 0.815 bits per heavy atom. The summed E-state index contributed by atoms with van der Waals surface area (Å²) in [6.45, 7) is 3.69. The van der Waals surface area contributed by atoms with Gasteiger partial charge in [0, 0.05) is 0 Å². The Balaban J connectivity index is 1.96. The molecule has 3 aromatic carbocycles. The van der Waals surface area contributed by atoms with Crippen LogP contribution in [0.15, 0.2) is 96.4 Å². The summed E-state index contributed by atoms with van der Waals surface area (Å²) in [5.74, 6) is 0. The van der Waals surface area contributed by atoms with Gasteiger partial charge >= 0.3 is 0 Å². The zero-order chi connectivity index (χ0) is 19.3. The number of nitrogens with one attached hydrogen (secondary N) is 1. The lowest BCUT2D eigenvalue weighted by Crippen LogP contribution is -2.36. The van der Waals surface area contributed by atoms with E-state index < -0.39 is 22.1 Å². The summed E-state index contributed by atoms with van der Waals surface area (Å²) in [4.78, 5) is 0.189. The van der Waals surface area contributed by atoms with Crippen LogP contribution in [0.5, 0.6) is 0 Å². The summed E-state index contributed by atoms with van der Waals surface area (Å²) in [6, 6.07) is 24.3. The van der Waals surface area contributed by atoms with Crippen molar-refractivity contribution in [1.29, 1.82) is 0 Å². The maximum atomic E-state index is 13.0. The molecule has 0 aliphatic heterocycles. The Hall–Kier alpha value is -2.73. The van der Waals surface area contributed by atoms with Gasteiger partial charge < -0.3 is 5.73 Å². The number of hydrogen-bond acceptors (Lipinski definition) is 3. The minimum atomic E-state index is -3.75. The Labute approximate surface area is 160 Å². The number of benzene rings is 3. The molecule has 0 spiro atoms. The molecule has 0 heterocycles. The third-order valence-corrected chi connectivity index (χ3v) is 5.87. The van der Waals surface area contributed by atoms with Gasteiger partial charge in [0.25, 0.3) is 0 Å². The van der Waals surface area contributed by atoms with Crippen molar-refractivity contribution in [1.82, 2.24) is 4.72 Å². The van der Waals surface area contributed by atoms with Gasteiger partial charge in [-0.25, -0.2) is 13.1 Å². The molecule has 0 bridgehead atoms. The molecule has 5 heteroatoms. The zero-order valence-corrected chi connectivity index (χ0v) is 15.6. The molecule has 0 saturated carbocycles. The highest BCUT2D eigenvalue weighted by atomic mass is 32.2. The summed E-state index contributed by atoms with van der Waals surface area (Å²) in [5.41, 5.74) is 8.98. The topological polar surface area (TPSA) is 72.2 Å². The first-order chi connectivity index (χ1) is 13.0. The lowest BCUT2D eigenvalue weighted by atomic mass is 9.95. The van der Waals surface area contributed by atoms with E-state index in [1.54, 1.807) is 30.3 Å². The monoisotopic (exact) mass is 378 g/mol. The summed E-state index contributed by atoms with van der Waals surface area (Å²) >= 11 is 0. The third-order valence-electron chi connectivity index (χ3n) is 4.41. The fourth-order valence-corrected chi connectivity index (χ4v) is 4.14. The van der Waals surface area contributed by atoms with Crippen LogP contribution in [-0.4, -0.2) is 8.42 Å². The van der Waals surface area contributed by atoms with Crippen molar-refractivity contribution < 1.29 is 8.42 Å². The molecule has 0 unspecified atom stereocenters. The molecule has 138 valence electrons. The quantitative estimate of drug-likeness (QED) is 0.651. The molecular weight excluding hydrogens is 356 g/mol. The van der Waals surface area contributed by atoms with Gasteiger partial charge in [0.1, 0.15) is 0 Å². The highest BCUT2D eigenvalue weighted by Crippen LogP contribution is 2.28. The molecule has 27 heavy (non-hydrogen) atoms. The maximum Gasteiger partial charge on any atom is 0.241 e. The van der Waals surface area contributed by atoms with Crippen molar-refractivity contribution in [3.8, 4) is 0 Å². The molecule has 3 N–H and O–H groups in total. The minimum Gasteiger partial charge on any atom is -0.322 e. The lowest BCUT2D eigenvalue weighted by molar-refractivity contribution is 0.504. The molecule has 0 aliphatic rings. The van der Waals surface area contributed by atoms with E-state index in [4.69, 9.17) is 5.73 Å². The van der Waals surface area contributed by atoms with E-state index in [0.717, 1.165) is 16.7 Å². The van der Waals surface area contributed by atoms with Crippen molar-refractivity contribution in [3.63, 3.8) is 0 Å². The predicted octanol–water partition coefficient (Wildman–Crippen LogP) is 4.05. The maximum absolute atomic E-state index is 13.0. The average Bonchev–Trinajstić information content (AvgIpc) is 2.73. The minimum absolute atomic E-state index is 0.189. The number of rotatable bonds is 7. The second-order valence-electron chi connectivity index (χ2n) is 6.22. The fraction of sp³-hybridized carbons (Fsp3) is 0.0909. The molecular formula is C22H22N2O2S. The zero-order valence-electron chi connectivity index (χ0n) is 14.8. The second-order valence-corrected chi connectivity index (χ2v) is 7.93. The normalized spacial score (nSPS) is 13.7. The van der Waals surface area contributed by atoms with Crippen LogP contribution < -0.4 is 10.5 Å². The third kappa shape index (κ3) is 4.52. The molecule has 2 atom stereocenters. The van der Waals surface area contributed by atoms with Crippen LogP contribution in [0.2, 0.25) is 0 Å². The van der Waals surface area contributed by atoms with Crippen molar-refractivity contribution in [2.45, 2.75) is 17.0 Å². The van der Waals surface area contributed by atoms with Gasteiger partial charge in [-0.1, -0.05) is 85.5 Å². The van der Waals surface area contributed by atoms with E-state index in [1.807, 2.05) is 60.7 Å². The van der Waals surface area contributed by atoms with Crippen LogP contribution in [-0.2, 0) is 10.0 Å². The van der Waals surface area contributed by atoms with Crippen LogP contribution in [0.1, 0.15) is 28.8 Å². The van der Waals surface area contributed by atoms with Gasteiger partial charge in [-0.3, -0.25) is 0 Å². The second kappa shape index (κ2) is 8.31. The van der Waals surface area contributed by atoms with Crippen LogP contribution in [0.4, 0.5) is 0 Å². The molecule has 0 aliphatic carbocycles. The lowest BCUT2D eigenvalue weighted by Gasteiger charge is -2.26. The smallest absolute Gasteiger partial charge is 0.241 e. The molecule has 0 amide bonds. The van der Waals surface area contributed by atoms with Gasteiger partial charge in [0.15, 0.2) is 0 Å². The highest BCUT2D eigenvalue weighted by Gasteiger charge is 2.27. The molecule has 3 rings (SSSR count). The average molecular weight is 378 g/mol. The summed E-state index contributed by atoms with van der Waals surface area (Å²) in [5, 5.41) is 0. The van der Waals surface area contributed by atoms with Crippen LogP contribution in [0.3, 0.4) is 0 Å². The fourth-order valence-electron chi connectivity index (χ4n) is 2.90. The number of hydrogen-bond donors (Lipinski definition) is 2. The van der Waals surface area contributed by atoms with Crippen molar-refractivity contribution in [2.24, 2.45) is 5.73 Å². The van der Waals surface area contributed by atoms with Gasteiger partial charge in [0.05, 0.1) is 17.0 Å². The molecule has 0 aromatic heterocycles. The summed E-state index contributed by atoms with van der Waals surface area (Å²) < 4.78 is 28.7. The summed E-state index contributed by atoms with van der Waals surface area (Å²) in [6.07, 6.45) is 1.67. The first-order valence-electron chi connectivity index (χ1n) is 8.61. The van der Waals surface area contributed by atoms with E-state index in [2.05, 4.69) is 11.3 Å². The Bertz CT molecular complexity index is 986. The predicted molar refractivity (Wildman–Crippen MR) is 109 cm³/mol. The molecule has 0 fully saturated rings. The first kappa shape index (κ1) is 19.0. The Morgan fingerprint density at radius 2 is 1.33 bits per heavy atom. The molecule has 0 saturated heterocycles. The Morgan fingerprint density at radius 3 is 1.85 bits per heavy atom. The molecule has 0 radical (unpaired) electrons. The number of nitrogens with two attached hydrogens (primary N) is 1. The van der Waals surface area contributed by atoms with E-state index in [0.29, 0.717) is 0 Å². The van der Waals surface area contributed by atoms with Crippen LogP contribution in [0, 0.1) is 0 Å². The van der Waals surface area contributed by atoms with Gasteiger partial charge in [0.2, 0.25) is 10.0 Å². The van der Waals surface area contributed by atoms with E-state index in [-0.39, 0.29) is 4.90 Å². The van der Waals surface area contributed by atoms with E-state index in [9.17, 15) is 8.42 Å². The largest absolute Gasteiger partial charge is 0.322 e. The van der Waals surface area contributed by atoms with Crippen molar-refractivity contribution in [2.75, 3.05) is 0 Å². The Kier molecular flexibility index (Phi) is 5.86. The first-order valence-corrected chi connectivity index (χ1v) is 10.1. The van der Waals surface area contributed by atoms with E-state index in [1.165, 1.54) is 0 Å². The molecule has 3 aromatic rings. The number of sulfonamides is 1. The van der Waals surface area contributed by atoms with Crippen molar-refractivity contribution in [3.05, 3.63) is 108 Å². The highest BCUT2D eigenvalue weighted by molar-refractivity contribution is 7.89. The van der Waals surface area contributed by atoms with Crippen LogP contribution >= 0.6 is 0 Å². The van der Waals surface area contributed by atoms with Gasteiger partial charge in [-0.05, 0) is 28.8 Å². The summed E-state index contributed by atoms with van der Waals surface area (Å²) in [7, 11) is -3.75. The standard InChI is InChI=1S/C22H22N2O2S/c1-2-17-13-15-20(16-14-17)27(25,26)24-22(19-11-7-4-8-12-19)21(23)18-9-5-3-6-10-18/h2-16,21-22,24H,1,23H2/t21-,22+/m0/s1. The SMILES string of the molecule is C=Cc1ccc(S(=O)(=O)N[C@H](c2ccccc2)[C@@H](N)c2ccccc2)cc1. The van der Waals surface area contributed by atoms with Gasteiger partial charge in [-0.15, -0.1) is 0 Å². The van der Waals surface area contributed by atoms with Crippen molar-refractivity contribution >= 4 is 16.1 Å². The van der Waals surface area contributed by atoms with Crippen LogP contribution in [0.25, 0.3) is 6.08 Å². The molecule has 4 nitrogen and oxygen atoms in total.